The molecule has 0 radical (unpaired) electrons. The summed E-state index contributed by atoms with van der Waals surface area (Å²) < 4.78 is 15.8. The Kier molecular flexibility index (Phi) is 5.47. The first-order valence-corrected chi connectivity index (χ1v) is 5.38. The number of methoxy groups -OCH3 is 2. The van der Waals surface area contributed by atoms with Gasteiger partial charge in [-0.1, -0.05) is 0 Å². The summed E-state index contributed by atoms with van der Waals surface area (Å²) in [7, 11) is 3.24. The summed E-state index contributed by atoms with van der Waals surface area (Å²) in [6.45, 7) is 2.88. The van der Waals surface area contributed by atoms with Gasteiger partial charge < -0.3 is 14.2 Å². The normalized spacial score (nSPS) is 11.9. The predicted molar refractivity (Wildman–Crippen MR) is 63.8 cm³/mol. The van der Waals surface area contributed by atoms with Crippen molar-refractivity contribution in [3.8, 4) is 11.8 Å². The second-order valence-electron chi connectivity index (χ2n) is 3.72. The van der Waals surface area contributed by atoms with Gasteiger partial charge in [-0.3, -0.25) is 0 Å². The summed E-state index contributed by atoms with van der Waals surface area (Å²) >= 11 is 0. The van der Waals surface area contributed by atoms with E-state index in [4.69, 9.17) is 19.5 Å². The standard InChI is InChI=1S/C13H17NO3/c1-10(8-15-2)17-9-12-6-11(7-14)4-5-13(12)16-3/h4-6,10H,8-9H2,1-3H3. The summed E-state index contributed by atoms with van der Waals surface area (Å²) in [5.41, 5.74) is 1.47. The molecule has 0 aliphatic rings. The van der Waals surface area contributed by atoms with Crippen LogP contribution in [-0.4, -0.2) is 26.9 Å². The molecule has 4 nitrogen and oxygen atoms in total. The summed E-state index contributed by atoms with van der Waals surface area (Å²) in [5.74, 6) is 0.730. The molecule has 92 valence electrons. The van der Waals surface area contributed by atoms with E-state index in [1.165, 1.54) is 0 Å². The molecule has 1 unspecified atom stereocenters. The quantitative estimate of drug-likeness (QED) is 0.757. The van der Waals surface area contributed by atoms with Crippen LogP contribution in [0.2, 0.25) is 0 Å². The molecule has 0 saturated heterocycles. The first-order chi connectivity index (χ1) is 8.21. The van der Waals surface area contributed by atoms with Crippen molar-refractivity contribution in [1.29, 1.82) is 5.26 Å². The van der Waals surface area contributed by atoms with E-state index >= 15 is 0 Å². The van der Waals surface area contributed by atoms with Crippen molar-refractivity contribution < 1.29 is 14.2 Å². The van der Waals surface area contributed by atoms with E-state index < -0.39 is 0 Å². The van der Waals surface area contributed by atoms with E-state index in [2.05, 4.69) is 6.07 Å². The van der Waals surface area contributed by atoms with Gasteiger partial charge >= 0.3 is 0 Å². The van der Waals surface area contributed by atoms with Crippen molar-refractivity contribution in [2.24, 2.45) is 0 Å². The van der Waals surface area contributed by atoms with Crippen molar-refractivity contribution in [1.82, 2.24) is 0 Å². The van der Waals surface area contributed by atoms with Gasteiger partial charge in [0.2, 0.25) is 0 Å². The second kappa shape index (κ2) is 6.89. The molecule has 0 aliphatic carbocycles. The highest BCUT2D eigenvalue weighted by Crippen LogP contribution is 2.20. The SMILES string of the molecule is COCC(C)OCc1cc(C#N)ccc1OC. The molecule has 1 rings (SSSR count). The molecule has 0 saturated carbocycles. The van der Waals surface area contributed by atoms with Gasteiger partial charge in [-0.15, -0.1) is 0 Å². The van der Waals surface area contributed by atoms with Crippen LogP contribution in [0.15, 0.2) is 18.2 Å². The summed E-state index contributed by atoms with van der Waals surface area (Å²) in [4.78, 5) is 0. The average molecular weight is 235 g/mol. The van der Waals surface area contributed by atoms with Crippen molar-refractivity contribution in [2.75, 3.05) is 20.8 Å². The highest BCUT2D eigenvalue weighted by Gasteiger charge is 2.07. The van der Waals surface area contributed by atoms with Crippen LogP contribution in [0, 0.1) is 11.3 Å². The van der Waals surface area contributed by atoms with Crippen LogP contribution in [0.1, 0.15) is 18.1 Å². The molecule has 4 heteroatoms. The molecule has 0 heterocycles. The summed E-state index contributed by atoms with van der Waals surface area (Å²) in [6, 6.07) is 7.37. The van der Waals surface area contributed by atoms with E-state index in [-0.39, 0.29) is 6.10 Å². The molecule has 0 aromatic heterocycles. The van der Waals surface area contributed by atoms with Crippen molar-refractivity contribution in [3.63, 3.8) is 0 Å². The Labute approximate surface area is 102 Å². The fourth-order valence-corrected chi connectivity index (χ4v) is 1.48. The van der Waals surface area contributed by atoms with Crippen LogP contribution in [-0.2, 0) is 16.1 Å². The molecule has 0 spiro atoms. The molecule has 1 aromatic rings. The monoisotopic (exact) mass is 235 g/mol. The van der Waals surface area contributed by atoms with Crippen LogP contribution in [0.25, 0.3) is 0 Å². The maximum atomic E-state index is 8.84. The largest absolute Gasteiger partial charge is 0.496 e. The van der Waals surface area contributed by atoms with E-state index in [1.54, 1.807) is 32.4 Å². The minimum atomic E-state index is 0.00967. The van der Waals surface area contributed by atoms with Crippen LogP contribution >= 0.6 is 0 Å². The summed E-state index contributed by atoms with van der Waals surface area (Å²) in [5, 5.41) is 8.84. The molecule has 0 aliphatic heterocycles. The van der Waals surface area contributed by atoms with Gasteiger partial charge in [0.25, 0.3) is 0 Å². The number of hydrogen-bond donors (Lipinski definition) is 0. The number of nitriles is 1. The molecule has 0 N–H and O–H groups in total. The van der Waals surface area contributed by atoms with Gasteiger partial charge in [-0.2, -0.15) is 5.26 Å². The topological polar surface area (TPSA) is 51.5 Å². The minimum Gasteiger partial charge on any atom is -0.496 e. The third-order valence-corrected chi connectivity index (χ3v) is 2.33. The smallest absolute Gasteiger partial charge is 0.124 e. The predicted octanol–water partition coefficient (Wildman–Crippen LogP) is 2.12. The Balaban J connectivity index is 2.71. The van der Waals surface area contributed by atoms with Crippen molar-refractivity contribution >= 4 is 0 Å². The average Bonchev–Trinajstić information content (AvgIpc) is 2.36. The number of rotatable bonds is 6. The molecule has 0 amide bonds. The Bertz CT molecular complexity index is 398. The maximum absolute atomic E-state index is 8.84. The molecule has 1 atom stereocenters. The van der Waals surface area contributed by atoms with Crippen LogP contribution in [0.5, 0.6) is 5.75 Å². The lowest BCUT2D eigenvalue weighted by molar-refractivity contribution is -0.000739. The Morgan fingerprint density at radius 3 is 2.71 bits per heavy atom. The van der Waals surface area contributed by atoms with E-state index in [0.29, 0.717) is 18.8 Å². The zero-order valence-electron chi connectivity index (χ0n) is 10.4. The van der Waals surface area contributed by atoms with Gasteiger partial charge in [0.05, 0.1) is 38.1 Å². The number of hydrogen-bond acceptors (Lipinski definition) is 4. The third kappa shape index (κ3) is 4.06. The van der Waals surface area contributed by atoms with E-state index in [9.17, 15) is 0 Å². The fraction of sp³-hybridized carbons (Fsp3) is 0.462. The van der Waals surface area contributed by atoms with E-state index in [1.807, 2.05) is 6.92 Å². The first kappa shape index (κ1) is 13.5. The second-order valence-corrected chi connectivity index (χ2v) is 3.72. The first-order valence-electron chi connectivity index (χ1n) is 5.38. The van der Waals surface area contributed by atoms with Crippen LogP contribution in [0.3, 0.4) is 0 Å². The molecule has 1 aromatic carbocycles. The van der Waals surface area contributed by atoms with Gasteiger partial charge in [-0.05, 0) is 25.1 Å². The van der Waals surface area contributed by atoms with Gasteiger partial charge in [0, 0.05) is 12.7 Å². The zero-order chi connectivity index (χ0) is 12.7. The highest BCUT2D eigenvalue weighted by atomic mass is 16.5. The highest BCUT2D eigenvalue weighted by molar-refractivity contribution is 5.41. The Morgan fingerprint density at radius 1 is 1.35 bits per heavy atom. The van der Waals surface area contributed by atoms with Gasteiger partial charge in [0.15, 0.2) is 0 Å². The van der Waals surface area contributed by atoms with Gasteiger partial charge in [0.1, 0.15) is 5.75 Å². The minimum absolute atomic E-state index is 0.00967. The number of benzene rings is 1. The molecular formula is C13H17NO3. The van der Waals surface area contributed by atoms with Crippen molar-refractivity contribution in [2.45, 2.75) is 19.6 Å². The Hall–Kier alpha value is -1.57. The number of nitrogens with zero attached hydrogens (tertiary/aromatic N) is 1. The molecule has 0 fully saturated rings. The van der Waals surface area contributed by atoms with Gasteiger partial charge in [-0.25, -0.2) is 0 Å². The van der Waals surface area contributed by atoms with Crippen molar-refractivity contribution in [3.05, 3.63) is 29.3 Å². The number of ether oxygens (including phenoxy) is 3. The Morgan fingerprint density at radius 2 is 2.12 bits per heavy atom. The zero-order valence-corrected chi connectivity index (χ0v) is 10.4. The lowest BCUT2D eigenvalue weighted by Gasteiger charge is -2.14. The lowest BCUT2D eigenvalue weighted by Crippen LogP contribution is -2.14. The maximum Gasteiger partial charge on any atom is 0.124 e. The molecular weight excluding hydrogens is 218 g/mol. The van der Waals surface area contributed by atoms with Crippen LogP contribution < -0.4 is 4.74 Å². The van der Waals surface area contributed by atoms with Crippen LogP contribution in [0.4, 0.5) is 0 Å². The van der Waals surface area contributed by atoms with E-state index in [0.717, 1.165) is 11.3 Å². The molecule has 17 heavy (non-hydrogen) atoms. The lowest BCUT2D eigenvalue weighted by atomic mass is 10.1. The summed E-state index contributed by atoms with van der Waals surface area (Å²) in [6.07, 6.45) is 0.00967. The fourth-order valence-electron chi connectivity index (χ4n) is 1.48. The molecule has 0 bridgehead atoms. The third-order valence-electron chi connectivity index (χ3n) is 2.33.